The number of imide groups is 1. The standard InChI is InChI=1S/C19H19IN6O2/c1-25-4-6-26(7-5-25)17-11-22-16(10-23-17)21-9-15-14-8-12(20)2-3-13(14)18(27)24-19(15)28/h2-3,8-11H,4-7H2,1H3,(H,21,22)(H,24,27,28)/b15-9-. The molecule has 1 saturated heterocycles. The van der Waals surface area contributed by atoms with Gasteiger partial charge >= 0.3 is 0 Å². The second kappa shape index (κ2) is 7.84. The van der Waals surface area contributed by atoms with Crippen molar-refractivity contribution in [1.29, 1.82) is 0 Å². The molecule has 0 bridgehead atoms. The largest absolute Gasteiger partial charge is 0.353 e. The van der Waals surface area contributed by atoms with E-state index in [1.165, 1.54) is 0 Å². The number of carbonyl (C=O) groups excluding carboxylic acids is 2. The number of fused-ring (bicyclic) bond motifs is 1. The van der Waals surface area contributed by atoms with Gasteiger partial charge in [0, 0.05) is 47.1 Å². The van der Waals surface area contributed by atoms with Crippen molar-refractivity contribution in [3.63, 3.8) is 0 Å². The summed E-state index contributed by atoms with van der Waals surface area (Å²) in [7, 11) is 2.11. The summed E-state index contributed by atoms with van der Waals surface area (Å²) in [5, 5.41) is 5.38. The predicted molar refractivity (Wildman–Crippen MR) is 115 cm³/mol. The number of benzene rings is 1. The minimum Gasteiger partial charge on any atom is -0.353 e. The summed E-state index contributed by atoms with van der Waals surface area (Å²) in [4.78, 5) is 37.7. The molecule has 2 aliphatic rings. The summed E-state index contributed by atoms with van der Waals surface area (Å²) >= 11 is 2.16. The number of halogens is 1. The van der Waals surface area contributed by atoms with Crippen LogP contribution in [0.25, 0.3) is 5.57 Å². The van der Waals surface area contributed by atoms with Crippen LogP contribution < -0.4 is 15.5 Å². The van der Waals surface area contributed by atoms with Crippen LogP contribution in [0.15, 0.2) is 36.8 Å². The summed E-state index contributed by atoms with van der Waals surface area (Å²) in [5.74, 6) is 0.549. The molecule has 1 fully saturated rings. The topological polar surface area (TPSA) is 90.5 Å². The number of nitrogens with zero attached hydrogens (tertiary/aromatic N) is 4. The van der Waals surface area contributed by atoms with Gasteiger partial charge in [-0.15, -0.1) is 0 Å². The van der Waals surface area contributed by atoms with Gasteiger partial charge in [0.05, 0.1) is 18.0 Å². The average molecular weight is 490 g/mol. The van der Waals surface area contributed by atoms with Gasteiger partial charge in [0.1, 0.15) is 11.6 Å². The maximum Gasteiger partial charge on any atom is 0.260 e. The van der Waals surface area contributed by atoms with E-state index in [4.69, 9.17) is 0 Å². The molecule has 2 amide bonds. The van der Waals surface area contributed by atoms with Crippen LogP contribution in [0, 0.1) is 3.57 Å². The van der Waals surface area contributed by atoms with Gasteiger partial charge in [-0.25, -0.2) is 9.97 Å². The van der Waals surface area contributed by atoms with Crippen molar-refractivity contribution in [2.45, 2.75) is 0 Å². The Morgan fingerprint density at radius 3 is 2.57 bits per heavy atom. The van der Waals surface area contributed by atoms with Crippen molar-refractivity contribution in [1.82, 2.24) is 20.2 Å². The number of carbonyl (C=O) groups is 2. The van der Waals surface area contributed by atoms with Crippen molar-refractivity contribution < 1.29 is 9.59 Å². The minimum absolute atomic E-state index is 0.384. The summed E-state index contributed by atoms with van der Waals surface area (Å²) in [5.41, 5.74) is 1.47. The summed E-state index contributed by atoms with van der Waals surface area (Å²) in [6.07, 6.45) is 4.94. The summed E-state index contributed by atoms with van der Waals surface area (Å²) in [6.45, 7) is 3.84. The SMILES string of the molecule is CN1CCN(c2cnc(N/C=C3\C(=O)NC(=O)c4ccc(I)cc43)cn2)CC1. The lowest BCUT2D eigenvalue weighted by Gasteiger charge is -2.32. The zero-order valence-electron chi connectivity index (χ0n) is 15.3. The lowest BCUT2D eigenvalue weighted by molar-refractivity contribution is -0.114. The van der Waals surface area contributed by atoms with Crippen molar-refractivity contribution >= 4 is 51.6 Å². The lowest BCUT2D eigenvalue weighted by Crippen LogP contribution is -2.44. The fourth-order valence-corrected chi connectivity index (χ4v) is 3.67. The molecule has 0 spiro atoms. The van der Waals surface area contributed by atoms with Gasteiger partial charge < -0.3 is 15.1 Å². The molecule has 144 valence electrons. The molecule has 3 heterocycles. The molecule has 9 heteroatoms. The first-order valence-electron chi connectivity index (χ1n) is 8.89. The van der Waals surface area contributed by atoms with Crippen molar-refractivity contribution in [3.8, 4) is 0 Å². The second-order valence-electron chi connectivity index (χ2n) is 6.73. The van der Waals surface area contributed by atoms with Crippen LogP contribution >= 0.6 is 22.6 Å². The Bertz CT molecular complexity index is 951. The minimum atomic E-state index is -0.436. The molecule has 1 aromatic heterocycles. The summed E-state index contributed by atoms with van der Waals surface area (Å²) in [6, 6.07) is 5.38. The first-order valence-corrected chi connectivity index (χ1v) is 9.97. The Morgan fingerprint density at radius 1 is 1.07 bits per heavy atom. The number of likely N-dealkylation sites (N-methyl/N-ethyl adjacent to an activating group) is 1. The van der Waals surface area contributed by atoms with E-state index < -0.39 is 5.91 Å². The van der Waals surface area contributed by atoms with E-state index in [1.807, 2.05) is 12.1 Å². The maximum absolute atomic E-state index is 12.3. The third-order valence-electron chi connectivity index (χ3n) is 4.82. The zero-order valence-corrected chi connectivity index (χ0v) is 17.4. The predicted octanol–water partition coefficient (Wildman–Crippen LogP) is 1.56. The van der Waals surface area contributed by atoms with E-state index in [2.05, 4.69) is 60.0 Å². The first kappa shape index (κ1) is 18.8. The van der Waals surface area contributed by atoms with Crippen LogP contribution in [0.1, 0.15) is 15.9 Å². The van der Waals surface area contributed by atoms with Crippen LogP contribution in [0.4, 0.5) is 11.6 Å². The Hall–Kier alpha value is -2.53. The first-order chi connectivity index (χ1) is 13.5. The van der Waals surface area contributed by atoms with Crippen LogP contribution in [0.3, 0.4) is 0 Å². The van der Waals surface area contributed by atoms with Gasteiger partial charge in [-0.1, -0.05) is 0 Å². The molecule has 0 saturated carbocycles. The molecule has 0 unspecified atom stereocenters. The molecule has 2 aliphatic heterocycles. The highest BCUT2D eigenvalue weighted by Crippen LogP contribution is 2.26. The molecule has 2 aromatic rings. The Balaban J connectivity index is 1.53. The molecule has 1 aromatic carbocycles. The van der Waals surface area contributed by atoms with E-state index in [0.717, 1.165) is 35.6 Å². The monoisotopic (exact) mass is 490 g/mol. The van der Waals surface area contributed by atoms with E-state index in [-0.39, 0.29) is 5.91 Å². The van der Waals surface area contributed by atoms with Gasteiger partial charge in [0.15, 0.2) is 0 Å². The molecule has 2 N–H and O–H groups in total. The van der Waals surface area contributed by atoms with E-state index in [9.17, 15) is 9.59 Å². The van der Waals surface area contributed by atoms with E-state index in [0.29, 0.717) is 22.5 Å². The summed E-state index contributed by atoms with van der Waals surface area (Å²) < 4.78 is 0.945. The van der Waals surface area contributed by atoms with Crippen molar-refractivity contribution in [3.05, 3.63) is 51.5 Å². The second-order valence-corrected chi connectivity index (χ2v) is 7.97. The van der Waals surface area contributed by atoms with Crippen molar-refractivity contribution in [2.75, 3.05) is 43.4 Å². The third-order valence-corrected chi connectivity index (χ3v) is 5.49. The quantitative estimate of drug-likeness (QED) is 0.384. The van der Waals surface area contributed by atoms with Gasteiger partial charge in [-0.3, -0.25) is 14.9 Å². The highest BCUT2D eigenvalue weighted by molar-refractivity contribution is 14.1. The normalized spacial score (nSPS) is 18.8. The fraction of sp³-hybridized carbons (Fsp3) is 0.263. The average Bonchev–Trinajstić information content (AvgIpc) is 2.68. The fourth-order valence-electron chi connectivity index (χ4n) is 3.18. The van der Waals surface area contributed by atoms with Gasteiger partial charge in [0.25, 0.3) is 11.8 Å². The van der Waals surface area contributed by atoms with Gasteiger partial charge in [0.2, 0.25) is 0 Å². The smallest absolute Gasteiger partial charge is 0.260 e. The van der Waals surface area contributed by atoms with E-state index in [1.54, 1.807) is 24.7 Å². The molecule has 28 heavy (non-hydrogen) atoms. The Morgan fingerprint density at radius 2 is 1.86 bits per heavy atom. The van der Waals surface area contributed by atoms with Crippen LogP contribution in [-0.4, -0.2) is 59.9 Å². The molecule has 0 radical (unpaired) electrons. The molecule has 0 atom stereocenters. The highest BCUT2D eigenvalue weighted by atomic mass is 127. The van der Waals surface area contributed by atoms with Crippen LogP contribution in [0.5, 0.6) is 0 Å². The van der Waals surface area contributed by atoms with E-state index >= 15 is 0 Å². The Labute approximate surface area is 176 Å². The highest BCUT2D eigenvalue weighted by Gasteiger charge is 2.27. The van der Waals surface area contributed by atoms with Gasteiger partial charge in [-0.05, 0) is 47.8 Å². The molecular formula is C19H19IN6O2. The lowest BCUT2D eigenvalue weighted by atomic mass is 9.96. The number of piperazine rings is 1. The number of hydrogen-bond donors (Lipinski definition) is 2. The third kappa shape index (κ3) is 3.85. The number of aromatic nitrogens is 2. The number of nitrogens with one attached hydrogen (secondary N) is 2. The number of hydrogen-bond acceptors (Lipinski definition) is 7. The molecule has 8 nitrogen and oxygen atoms in total. The van der Waals surface area contributed by atoms with Crippen LogP contribution in [0.2, 0.25) is 0 Å². The molecule has 4 rings (SSSR count). The molecular weight excluding hydrogens is 471 g/mol. The number of anilines is 2. The number of amides is 2. The van der Waals surface area contributed by atoms with Gasteiger partial charge in [-0.2, -0.15) is 0 Å². The number of rotatable bonds is 3. The molecule has 0 aliphatic carbocycles. The Kier molecular flexibility index (Phi) is 5.27. The van der Waals surface area contributed by atoms with Crippen molar-refractivity contribution in [2.24, 2.45) is 0 Å². The van der Waals surface area contributed by atoms with Crippen LogP contribution in [-0.2, 0) is 4.79 Å². The maximum atomic E-state index is 12.3. The zero-order chi connectivity index (χ0) is 19.7.